The average Bonchev–Trinajstić information content (AvgIpc) is 3.21. The third kappa shape index (κ3) is 6.85. The van der Waals surface area contributed by atoms with E-state index >= 15 is 0 Å². The van der Waals surface area contributed by atoms with Crippen LogP contribution in [0.5, 0.6) is 5.75 Å². The summed E-state index contributed by atoms with van der Waals surface area (Å²) < 4.78 is 25.3. The number of nitrogens with zero attached hydrogens (tertiary/aromatic N) is 2. The van der Waals surface area contributed by atoms with E-state index in [1.165, 1.54) is 11.3 Å². The van der Waals surface area contributed by atoms with Crippen LogP contribution in [-0.4, -0.2) is 45.1 Å². The lowest BCUT2D eigenvalue weighted by Gasteiger charge is -2.22. The molecule has 0 saturated carbocycles. The lowest BCUT2D eigenvalue weighted by Crippen LogP contribution is -2.27. The van der Waals surface area contributed by atoms with Crippen LogP contribution in [0.2, 0.25) is 0 Å². The third-order valence-corrected chi connectivity index (χ3v) is 5.95. The summed E-state index contributed by atoms with van der Waals surface area (Å²) in [4.78, 5) is 31.0. The molecular weight excluding hydrogens is 464 g/mol. The van der Waals surface area contributed by atoms with Crippen molar-refractivity contribution < 1.29 is 23.1 Å². The van der Waals surface area contributed by atoms with Gasteiger partial charge >= 0.3 is 0 Å². The third-order valence-electron chi connectivity index (χ3n) is 4.57. The minimum Gasteiger partial charge on any atom is -0.484 e. The number of carbonyl (C=O) groups is 2. The fourth-order valence-electron chi connectivity index (χ4n) is 2.90. The number of aromatic nitrogens is 1. The van der Waals surface area contributed by atoms with E-state index in [4.69, 9.17) is 9.29 Å². The summed E-state index contributed by atoms with van der Waals surface area (Å²) in [6, 6.07) is 17.1. The first kappa shape index (κ1) is 24.4. The number of nitrogens with one attached hydrogen (secondary N) is 2. The van der Waals surface area contributed by atoms with Crippen molar-refractivity contribution in [3.63, 3.8) is 0 Å². The quantitative estimate of drug-likeness (QED) is 0.375. The first-order valence-electron chi connectivity index (χ1n) is 9.95. The number of aryl methyl sites for hydroxylation is 1. The molecule has 2 amide bonds. The van der Waals surface area contributed by atoms with Crippen molar-refractivity contribution in [2.24, 2.45) is 0 Å². The largest absolute Gasteiger partial charge is 0.484 e. The number of carbonyl (C=O) groups excluding carboxylic acids is 2. The zero-order chi connectivity index (χ0) is 23.8. The van der Waals surface area contributed by atoms with Crippen LogP contribution in [-0.2, 0) is 22.4 Å². The summed E-state index contributed by atoms with van der Waals surface area (Å²) in [6.07, 6.45) is 0. The van der Waals surface area contributed by atoms with Gasteiger partial charge in [-0.15, -0.1) is 11.3 Å². The summed E-state index contributed by atoms with van der Waals surface area (Å²) in [7, 11) is 1.55. The van der Waals surface area contributed by atoms with Gasteiger partial charge in [0.2, 0.25) is 0 Å². The number of thiazole rings is 1. The van der Waals surface area contributed by atoms with Crippen LogP contribution in [0.3, 0.4) is 0 Å². The van der Waals surface area contributed by atoms with Gasteiger partial charge in [0.25, 0.3) is 11.8 Å². The molecule has 0 spiro atoms. The molecule has 1 heterocycles. The molecule has 11 heteroatoms. The highest BCUT2D eigenvalue weighted by molar-refractivity contribution is 7.79. The molecule has 0 radical (unpaired) electrons. The van der Waals surface area contributed by atoms with E-state index in [0.29, 0.717) is 22.3 Å². The zero-order valence-corrected chi connectivity index (χ0v) is 19.7. The second kappa shape index (κ2) is 11.5. The van der Waals surface area contributed by atoms with E-state index in [-0.39, 0.29) is 24.1 Å². The van der Waals surface area contributed by atoms with Crippen LogP contribution in [0, 0.1) is 6.92 Å². The number of hydrogen-bond donors (Lipinski definition) is 3. The number of rotatable bonds is 10. The number of hydrogen-bond acceptors (Lipinski definition) is 7. The highest BCUT2D eigenvalue weighted by Crippen LogP contribution is 2.34. The minimum atomic E-state index is -2.14. The van der Waals surface area contributed by atoms with E-state index in [1.807, 2.05) is 47.4 Å². The standard InChI is InChI=1S/C22H24N4O5S2/c1-15-20(21(28)24-14-33(29)30)25-22(32-15)26(12-16-6-4-3-5-7-16)17-8-10-18(11-9-17)31-13-19(27)23-2/h3-11H,12-14H2,1-2H3,(H,23,27)(H,24,28)(H,29,30). The second-order valence-electron chi connectivity index (χ2n) is 6.90. The van der Waals surface area contributed by atoms with Gasteiger partial charge in [0.15, 0.2) is 22.8 Å². The molecule has 0 bridgehead atoms. The molecule has 1 atom stereocenters. The van der Waals surface area contributed by atoms with Crippen molar-refractivity contribution >= 4 is 45.1 Å². The topological polar surface area (TPSA) is 121 Å². The molecule has 174 valence electrons. The predicted molar refractivity (Wildman–Crippen MR) is 128 cm³/mol. The molecule has 1 unspecified atom stereocenters. The van der Waals surface area contributed by atoms with Crippen LogP contribution in [0.15, 0.2) is 54.6 Å². The van der Waals surface area contributed by atoms with Gasteiger partial charge in [-0.25, -0.2) is 9.19 Å². The van der Waals surface area contributed by atoms with Crippen LogP contribution < -0.4 is 20.3 Å². The molecule has 33 heavy (non-hydrogen) atoms. The fraction of sp³-hybridized carbons (Fsp3) is 0.227. The van der Waals surface area contributed by atoms with Crippen molar-refractivity contribution in [1.29, 1.82) is 0 Å². The fourth-order valence-corrected chi connectivity index (χ4v) is 4.08. The van der Waals surface area contributed by atoms with Crippen molar-refractivity contribution in [3.8, 4) is 5.75 Å². The predicted octanol–water partition coefficient (Wildman–Crippen LogP) is 2.82. The Kier molecular flexibility index (Phi) is 8.52. The summed E-state index contributed by atoms with van der Waals surface area (Å²) >= 11 is -0.784. The van der Waals surface area contributed by atoms with Gasteiger partial charge in [-0.1, -0.05) is 30.3 Å². The van der Waals surface area contributed by atoms with Gasteiger partial charge in [-0.2, -0.15) is 0 Å². The number of likely N-dealkylation sites (N-methyl/N-ethyl adjacent to an activating group) is 1. The van der Waals surface area contributed by atoms with E-state index in [9.17, 15) is 13.8 Å². The lowest BCUT2D eigenvalue weighted by molar-refractivity contribution is -0.122. The lowest BCUT2D eigenvalue weighted by atomic mass is 10.2. The molecule has 1 aromatic heterocycles. The maximum absolute atomic E-state index is 12.4. The highest BCUT2D eigenvalue weighted by Gasteiger charge is 2.21. The maximum atomic E-state index is 12.4. The van der Waals surface area contributed by atoms with Crippen LogP contribution in [0.4, 0.5) is 10.8 Å². The number of anilines is 2. The van der Waals surface area contributed by atoms with Crippen molar-refractivity contribution in [1.82, 2.24) is 15.6 Å². The second-order valence-corrected chi connectivity index (χ2v) is 9.01. The van der Waals surface area contributed by atoms with Crippen molar-refractivity contribution in [3.05, 3.63) is 70.7 Å². The number of benzene rings is 2. The van der Waals surface area contributed by atoms with Crippen molar-refractivity contribution in [2.75, 3.05) is 24.4 Å². The summed E-state index contributed by atoms with van der Waals surface area (Å²) in [5.41, 5.74) is 2.08. The minimum absolute atomic E-state index is 0.0770. The van der Waals surface area contributed by atoms with E-state index in [2.05, 4.69) is 15.6 Å². The van der Waals surface area contributed by atoms with Gasteiger partial charge < -0.3 is 24.8 Å². The van der Waals surface area contributed by atoms with Gasteiger partial charge in [0, 0.05) is 17.6 Å². The number of amides is 2. The molecular formula is C22H24N4O5S2. The Bertz CT molecular complexity index is 1120. The van der Waals surface area contributed by atoms with Gasteiger partial charge in [-0.3, -0.25) is 9.59 Å². The Morgan fingerprint density at radius 1 is 1.15 bits per heavy atom. The van der Waals surface area contributed by atoms with E-state index in [0.717, 1.165) is 11.3 Å². The Balaban J connectivity index is 1.88. The van der Waals surface area contributed by atoms with Crippen molar-refractivity contribution in [2.45, 2.75) is 13.5 Å². The monoisotopic (exact) mass is 488 g/mol. The molecule has 0 aliphatic heterocycles. The zero-order valence-electron chi connectivity index (χ0n) is 18.1. The molecule has 0 aliphatic rings. The Morgan fingerprint density at radius 2 is 1.85 bits per heavy atom. The molecule has 0 saturated heterocycles. The Hall–Kier alpha value is -3.28. The van der Waals surface area contributed by atoms with Crippen LogP contribution in [0.25, 0.3) is 0 Å². The Labute approximate surface area is 198 Å². The van der Waals surface area contributed by atoms with E-state index in [1.54, 1.807) is 26.1 Å². The molecule has 3 rings (SSSR count). The molecule has 3 N–H and O–H groups in total. The Morgan fingerprint density at radius 3 is 2.48 bits per heavy atom. The molecule has 3 aromatic rings. The average molecular weight is 489 g/mol. The molecule has 9 nitrogen and oxygen atoms in total. The van der Waals surface area contributed by atoms with Gasteiger partial charge in [0.1, 0.15) is 17.3 Å². The summed E-state index contributed by atoms with van der Waals surface area (Å²) in [5, 5.41) is 5.51. The van der Waals surface area contributed by atoms with Gasteiger partial charge in [-0.05, 0) is 36.8 Å². The molecule has 0 fully saturated rings. The first-order chi connectivity index (χ1) is 15.9. The number of ether oxygens (including phenoxy) is 1. The maximum Gasteiger partial charge on any atom is 0.271 e. The molecule has 0 aliphatic carbocycles. The normalized spacial score (nSPS) is 11.5. The highest BCUT2D eigenvalue weighted by atomic mass is 32.2. The summed E-state index contributed by atoms with van der Waals surface area (Å²) in [5.74, 6) is -0.542. The van der Waals surface area contributed by atoms with Gasteiger partial charge in [0.05, 0.1) is 6.54 Å². The van der Waals surface area contributed by atoms with E-state index < -0.39 is 17.0 Å². The van der Waals surface area contributed by atoms with Crippen LogP contribution in [0.1, 0.15) is 20.9 Å². The molecule has 2 aromatic carbocycles. The SMILES string of the molecule is CNC(=O)COc1ccc(N(Cc2ccccc2)c2nc(C(=O)NCS(=O)O)c(C)s2)cc1. The smallest absolute Gasteiger partial charge is 0.271 e. The first-order valence-corrected chi connectivity index (χ1v) is 12.0. The summed E-state index contributed by atoms with van der Waals surface area (Å²) in [6.45, 7) is 2.21. The van der Waals surface area contributed by atoms with Crippen LogP contribution >= 0.6 is 11.3 Å².